The molecule has 0 fully saturated rings. The molecule has 0 heterocycles. The Kier molecular flexibility index (Phi) is 3.94. The molecule has 0 aliphatic heterocycles. The lowest BCUT2D eigenvalue weighted by atomic mass is 10.0. The third-order valence-electron chi connectivity index (χ3n) is 1.61. The van der Waals surface area contributed by atoms with Crippen LogP contribution >= 0.6 is 0 Å². The van der Waals surface area contributed by atoms with Crippen LogP contribution in [0.3, 0.4) is 0 Å². The van der Waals surface area contributed by atoms with E-state index in [2.05, 4.69) is 5.73 Å². The fraction of sp³-hybridized carbons (Fsp3) is 1.00. The van der Waals surface area contributed by atoms with Gasteiger partial charge in [0.15, 0.2) is 0 Å². The Morgan fingerprint density at radius 1 is 0.933 bits per heavy atom. The molecule has 0 bridgehead atoms. The van der Waals surface area contributed by atoms with E-state index < -0.39 is 37.2 Å². The van der Waals surface area contributed by atoms with Crippen LogP contribution in [0.25, 0.3) is 0 Å². The molecule has 1 nitrogen and oxygen atoms in total. The summed E-state index contributed by atoms with van der Waals surface area (Å²) in [5.41, 5.74) is 4.48. The molecule has 0 aliphatic carbocycles. The molecule has 0 aliphatic rings. The average Bonchev–Trinajstić information content (AvgIpc) is 2.02. The highest BCUT2D eigenvalue weighted by atomic mass is 19.4. The zero-order valence-electron chi connectivity index (χ0n) is 7.09. The van der Waals surface area contributed by atoms with E-state index in [-0.39, 0.29) is 0 Å². The second-order valence-electron chi connectivity index (χ2n) is 2.74. The molecule has 0 rings (SSSR count). The fourth-order valence-electron chi connectivity index (χ4n) is 0.719. The molecule has 0 aromatic heterocycles. The van der Waals surface area contributed by atoms with Crippen molar-refractivity contribution < 1.29 is 35.1 Å². The molecule has 0 spiro atoms. The van der Waals surface area contributed by atoms with Gasteiger partial charge in [-0.1, -0.05) is 0 Å². The number of hydrogen-bond acceptors (Lipinski definition) is 1. The normalized spacial score (nSPS) is 14.8. The van der Waals surface area contributed by atoms with Crippen molar-refractivity contribution in [3.8, 4) is 0 Å². The van der Waals surface area contributed by atoms with Gasteiger partial charge < -0.3 is 5.73 Å². The van der Waals surface area contributed by atoms with Crippen molar-refractivity contribution in [3.05, 3.63) is 0 Å². The third-order valence-corrected chi connectivity index (χ3v) is 1.61. The van der Waals surface area contributed by atoms with Gasteiger partial charge in [-0.05, 0) is 6.54 Å². The molecule has 0 saturated carbocycles. The highest BCUT2D eigenvalue weighted by molar-refractivity contribution is 4.97. The summed E-state index contributed by atoms with van der Waals surface area (Å²) in [7, 11) is 0. The maximum atomic E-state index is 12.4. The van der Waals surface area contributed by atoms with E-state index in [0.29, 0.717) is 0 Å². The van der Waals surface area contributed by atoms with Crippen LogP contribution in [0.15, 0.2) is 0 Å². The Balaban J connectivity index is 5.11. The van der Waals surface area contributed by atoms with Gasteiger partial charge in [0.05, 0.1) is 0 Å². The second-order valence-corrected chi connectivity index (χ2v) is 2.74. The molecule has 0 radical (unpaired) electrons. The lowest BCUT2D eigenvalue weighted by molar-refractivity contribution is -0.338. The van der Waals surface area contributed by atoms with Gasteiger partial charge in [-0.2, -0.15) is 26.3 Å². The summed E-state index contributed by atoms with van der Waals surface area (Å²) in [4.78, 5) is 0. The van der Waals surface area contributed by atoms with Gasteiger partial charge in [0, 0.05) is 6.42 Å². The van der Waals surface area contributed by atoms with Gasteiger partial charge in [-0.3, -0.25) is 0 Å². The predicted molar refractivity (Wildman–Crippen MR) is 34.5 cm³/mol. The van der Waals surface area contributed by atoms with Gasteiger partial charge in [0.2, 0.25) is 0 Å². The molecule has 0 aromatic carbocycles. The van der Waals surface area contributed by atoms with Crippen molar-refractivity contribution in [1.82, 2.24) is 0 Å². The quantitative estimate of drug-likeness (QED) is 0.740. The predicted octanol–water partition coefficient (Wildman–Crippen LogP) is 2.51. The van der Waals surface area contributed by atoms with Crippen LogP contribution in [0.5, 0.6) is 0 Å². The summed E-state index contributed by atoms with van der Waals surface area (Å²) in [5.74, 6) is -17.5. The van der Waals surface area contributed by atoms with Gasteiger partial charge >= 0.3 is 24.2 Å². The van der Waals surface area contributed by atoms with Crippen molar-refractivity contribution in [2.45, 2.75) is 30.6 Å². The number of rotatable bonds is 5. The fourth-order valence-corrected chi connectivity index (χ4v) is 0.719. The summed E-state index contributed by atoms with van der Waals surface area (Å²) in [6, 6.07) is 0. The molecule has 0 aromatic rings. The lowest BCUT2D eigenvalue weighted by Gasteiger charge is -2.31. The van der Waals surface area contributed by atoms with E-state index in [1.807, 2.05) is 0 Å². The van der Waals surface area contributed by atoms with E-state index in [4.69, 9.17) is 0 Å². The minimum Gasteiger partial charge on any atom is -0.330 e. The van der Waals surface area contributed by atoms with Crippen molar-refractivity contribution in [1.29, 1.82) is 0 Å². The molecule has 15 heavy (non-hydrogen) atoms. The van der Waals surface area contributed by atoms with E-state index in [1.54, 1.807) is 0 Å². The van der Waals surface area contributed by atoms with Crippen LogP contribution in [0, 0.1) is 0 Å². The van der Waals surface area contributed by atoms with E-state index in [1.165, 1.54) is 0 Å². The second kappa shape index (κ2) is 4.11. The van der Waals surface area contributed by atoms with Crippen LogP contribution in [0.4, 0.5) is 35.1 Å². The average molecular weight is 245 g/mol. The summed E-state index contributed by atoms with van der Waals surface area (Å²) in [5, 5.41) is 0. The van der Waals surface area contributed by atoms with Gasteiger partial charge in [-0.15, -0.1) is 0 Å². The molecule has 9 heteroatoms. The lowest BCUT2D eigenvalue weighted by Crippen LogP contribution is -2.57. The first kappa shape index (κ1) is 14.4. The van der Waals surface area contributed by atoms with Crippen LogP contribution in [0.1, 0.15) is 6.42 Å². The number of nitrogens with two attached hydrogens (primary N) is 1. The van der Waals surface area contributed by atoms with Crippen LogP contribution in [-0.2, 0) is 0 Å². The molecular weight excluding hydrogens is 238 g/mol. The van der Waals surface area contributed by atoms with E-state index >= 15 is 0 Å². The van der Waals surface area contributed by atoms with E-state index in [9.17, 15) is 35.1 Å². The zero-order valence-corrected chi connectivity index (χ0v) is 7.09. The molecule has 92 valence electrons. The number of hydrogen-bond donors (Lipinski definition) is 1. The third kappa shape index (κ3) is 2.32. The SMILES string of the molecule is NCCC(F)(F)C(F)(F)C(F)(F)C(F)F. The van der Waals surface area contributed by atoms with Gasteiger partial charge in [-0.25, -0.2) is 8.78 Å². The molecule has 0 unspecified atom stereocenters. The van der Waals surface area contributed by atoms with Crippen molar-refractivity contribution in [2.75, 3.05) is 6.54 Å². The first-order valence-electron chi connectivity index (χ1n) is 3.62. The summed E-state index contributed by atoms with van der Waals surface area (Å²) >= 11 is 0. The van der Waals surface area contributed by atoms with Crippen molar-refractivity contribution in [3.63, 3.8) is 0 Å². The first-order valence-corrected chi connectivity index (χ1v) is 3.62. The summed E-state index contributed by atoms with van der Waals surface area (Å²) in [6.45, 7) is -1.03. The first-order chi connectivity index (χ1) is 6.50. The molecule has 2 N–H and O–H groups in total. The van der Waals surface area contributed by atoms with Crippen LogP contribution in [0.2, 0.25) is 0 Å². The molecule has 0 atom stereocenters. The van der Waals surface area contributed by atoms with Crippen LogP contribution in [-0.4, -0.2) is 30.7 Å². The molecule has 0 saturated heterocycles. The monoisotopic (exact) mass is 245 g/mol. The van der Waals surface area contributed by atoms with Crippen LogP contribution < -0.4 is 5.73 Å². The highest BCUT2D eigenvalue weighted by Gasteiger charge is 2.74. The topological polar surface area (TPSA) is 26.0 Å². The molecular formula is C6H7F8N. The molecule has 0 amide bonds. The van der Waals surface area contributed by atoms with Crippen molar-refractivity contribution >= 4 is 0 Å². The largest absolute Gasteiger partial charge is 0.377 e. The number of halogens is 8. The number of alkyl halides is 8. The van der Waals surface area contributed by atoms with Gasteiger partial charge in [0.1, 0.15) is 0 Å². The Hall–Kier alpha value is -0.600. The van der Waals surface area contributed by atoms with Crippen molar-refractivity contribution in [2.24, 2.45) is 5.73 Å². The smallest absolute Gasteiger partial charge is 0.330 e. The Morgan fingerprint density at radius 2 is 1.33 bits per heavy atom. The zero-order chi connectivity index (χ0) is 12.5. The standard InChI is InChI=1S/C6H7F8N/c7-3(8)5(11,12)6(13,14)4(9,10)1-2-15/h3H,1-2,15H2. The highest BCUT2D eigenvalue weighted by Crippen LogP contribution is 2.49. The Morgan fingerprint density at radius 3 is 1.60 bits per heavy atom. The summed E-state index contributed by atoms with van der Waals surface area (Å²) < 4.78 is 96.8. The summed E-state index contributed by atoms with van der Waals surface area (Å²) in [6.07, 6.45) is -6.68. The minimum atomic E-state index is -6.13. The minimum absolute atomic E-state index is 1.03. The van der Waals surface area contributed by atoms with E-state index in [0.717, 1.165) is 0 Å². The van der Waals surface area contributed by atoms with Gasteiger partial charge in [0.25, 0.3) is 0 Å². The Labute approximate surface area is 79.2 Å². The Bertz CT molecular complexity index is 213. The maximum absolute atomic E-state index is 12.4. The maximum Gasteiger partial charge on any atom is 0.377 e.